The Morgan fingerprint density at radius 3 is 2.57 bits per heavy atom. The number of nitrogens with zero attached hydrogens (tertiary/aromatic N) is 2. The zero-order chi connectivity index (χ0) is 16.4. The average molecular weight is 351 g/mol. The maximum Gasteiger partial charge on any atom is 0.180 e. The van der Waals surface area contributed by atoms with E-state index in [1.54, 1.807) is 6.20 Å². The van der Waals surface area contributed by atoms with Gasteiger partial charge in [0.25, 0.3) is 0 Å². The molecule has 1 aromatic heterocycles. The summed E-state index contributed by atoms with van der Waals surface area (Å²) >= 11 is 7.17. The second kappa shape index (κ2) is 6.60. The first kappa shape index (κ1) is 15.8. The minimum Gasteiger partial charge on any atom is -0.495 e. The zero-order valence-corrected chi connectivity index (χ0v) is 13.9. The molecule has 0 aliphatic carbocycles. The summed E-state index contributed by atoms with van der Waals surface area (Å²) in [7, 11) is 2.82. The lowest BCUT2D eigenvalue weighted by molar-refractivity contribution is 0.368. The van der Waals surface area contributed by atoms with Crippen molar-refractivity contribution in [3.05, 3.63) is 47.4 Å². The lowest BCUT2D eigenvalue weighted by Crippen LogP contribution is -1.96. The number of ether oxygens (including phenoxy) is 2. The number of fused-ring (bicyclic) bond motifs is 1. The summed E-state index contributed by atoms with van der Waals surface area (Å²) in [5, 5.41) is 0.662. The van der Waals surface area contributed by atoms with E-state index in [1.807, 2.05) is 24.3 Å². The SMILES string of the molecule is COc1cc(Sc2cnc3ccccc3n2)c(F)c(OC)c1Cl. The molecule has 0 aliphatic heterocycles. The van der Waals surface area contributed by atoms with E-state index in [0.29, 0.717) is 15.7 Å². The smallest absolute Gasteiger partial charge is 0.180 e. The van der Waals surface area contributed by atoms with E-state index in [-0.39, 0.29) is 10.8 Å². The molecule has 7 heteroatoms. The Balaban J connectivity index is 2.04. The quantitative estimate of drug-likeness (QED) is 0.688. The van der Waals surface area contributed by atoms with Gasteiger partial charge in [0, 0.05) is 0 Å². The molecule has 0 unspecified atom stereocenters. The van der Waals surface area contributed by atoms with Crippen LogP contribution in [-0.2, 0) is 0 Å². The third-order valence-electron chi connectivity index (χ3n) is 3.16. The van der Waals surface area contributed by atoms with Gasteiger partial charge in [0.2, 0.25) is 0 Å². The van der Waals surface area contributed by atoms with Crippen LogP contribution in [0, 0.1) is 5.82 Å². The molecule has 0 aliphatic rings. The second-order valence-corrected chi connectivity index (χ2v) is 5.98. The summed E-state index contributed by atoms with van der Waals surface area (Å²) in [6.07, 6.45) is 1.60. The molecule has 0 fully saturated rings. The summed E-state index contributed by atoms with van der Waals surface area (Å²) in [6.45, 7) is 0. The van der Waals surface area contributed by atoms with E-state index in [2.05, 4.69) is 9.97 Å². The van der Waals surface area contributed by atoms with Crippen LogP contribution in [0.15, 0.2) is 46.5 Å². The minimum atomic E-state index is -0.557. The molecule has 0 saturated carbocycles. The number of hydrogen-bond acceptors (Lipinski definition) is 5. The molecule has 1 heterocycles. The highest BCUT2D eigenvalue weighted by atomic mass is 35.5. The Bertz CT molecular complexity index is 876. The van der Waals surface area contributed by atoms with Crippen LogP contribution in [0.2, 0.25) is 5.02 Å². The van der Waals surface area contributed by atoms with Gasteiger partial charge < -0.3 is 9.47 Å². The van der Waals surface area contributed by atoms with Gasteiger partial charge in [0.05, 0.1) is 36.3 Å². The lowest BCUT2D eigenvalue weighted by Gasteiger charge is -2.12. The van der Waals surface area contributed by atoms with Gasteiger partial charge in [0.15, 0.2) is 11.6 Å². The first-order valence-corrected chi connectivity index (χ1v) is 7.83. The molecule has 0 atom stereocenters. The molecule has 0 bridgehead atoms. The van der Waals surface area contributed by atoms with E-state index in [1.165, 1.54) is 20.3 Å². The summed E-state index contributed by atoms with van der Waals surface area (Å²) in [4.78, 5) is 9.08. The molecule has 3 rings (SSSR count). The van der Waals surface area contributed by atoms with Crippen molar-refractivity contribution in [2.75, 3.05) is 14.2 Å². The Hall–Kier alpha value is -2.05. The molecule has 0 radical (unpaired) electrons. The van der Waals surface area contributed by atoms with Crippen LogP contribution in [-0.4, -0.2) is 24.2 Å². The monoisotopic (exact) mass is 350 g/mol. The number of halogens is 2. The molecule has 0 spiro atoms. The van der Waals surface area contributed by atoms with Crippen molar-refractivity contribution >= 4 is 34.4 Å². The lowest BCUT2D eigenvalue weighted by atomic mass is 10.3. The molecule has 118 valence electrons. The summed E-state index contributed by atoms with van der Waals surface area (Å²) in [6, 6.07) is 9.00. The van der Waals surface area contributed by atoms with Gasteiger partial charge in [-0.25, -0.2) is 9.37 Å². The maximum absolute atomic E-state index is 14.5. The van der Waals surface area contributed by atoms with Crippen LogP contribution in [0.25, 0.3) is 11.0 Å². The standard InChI is InChI=1S/C16H12ClFN2O2S/c1-21-11-7-12(15(18)16(22-2)14(11)17)23-13-8-19-9-5-3-4-6-10(9)20-13/h3-8H,1-2H3. The fraction of sp³-hybridized carbons (Fsp3) is 0.125. The maximum atomic E-state index is 14.5. The summed E-state index contributed by atoms with van der Waals surface area (Å²) < 4.78 is 24.7. The average Bonchev–Trinajstić information content (AvgIpc) is 2.58. The molecular weight excluding hydrogens is 339 g/mol. The number of benzene rings is 2. The van der Waals surface area contributed by atoms with Crippen molar-refractivity contribution in [2.24, 2.45) is 0 Å². The van der Waals surface area contributed by atoms with Gasteiger partial charge >= 0.3 is 0 Å². The normalized spacial score (nSPS) is 10.8. The Morgan fingerprint density at radius 1 is 1.13 bits per heavy atom. The van der Waals surface area contributed by atoms with Crippen molar-refractivity contribution in [3.8, 4) is 11.5 Å². The van der Waals surface area contributed by atoms with E-state index >= 15 is 0 Å². The number of rotatable bonds is 4. The van der Waals surface area contributed by atoms with E-state index < -0.39 is 5.82 Å². The minimum absolute atomic E-state index is 0.0535. The van der Waals surface area contributed by atoms with Crippen LogP contribution in [0.3, 0.4) is 0 Å². The molecule has 0 N–H and O–H groups in total. The summed E-state index contributed by atoms with van der Waals surface area (Å²) in [5.41, 5.74) is 1.52. The summed E-state index contributed by atoms with van der Waals surface area (Å²) in [5.74, 6) is -0.276. The van der Waals surface area contributed by atoms with E-state index in [4.69, 9.17) is 21.1 Å². The van der Waals surface area contributed by atoms with Crippen molar-refractivity contribution in [1.29, 1.82) is 0 Å². The number of hydrogen-bond donors (Lipinski definition) is 0. The van der Waals surface area contributed by atoms with E-state index in [9.17, 15) is 4.39 Å². The molecule has 0 amide bonds. The highest BCUT2D eigenvalue weighted by Crippen LogP contribution is 2.43. The van der Waals surface area contributed by atoms with Crippen LogP contribution >= 0.6 is 23.4 Å². The second-order valence-electron chi connectivity index (χ2n) is 4.54. The Morgan fingerprint density at radius 2 is 1.87 bits per heavy atom. The predicted octanol–water partition coefficient (Wildman–Crippen LogP) is 4.59. The number of methoxy groups -OCH3 is 2. The van der Waals surface area contributed by atoms with E-state index in [0.717, 1.165) is 22.8 Å². The fourth-order valence-electron chi connectivity index (χ4n) is 2.07. The van der Waals surface area contributed by atoms with Gasteiger partial charge in [-0.05, 0) is 18.2 Å². The van der Waals surface area contributed by atoms with Crippen LogP contribution < -0.4 is 9.47 Å². The highest BCUT2D eigenvalue weighted by Gasteiger charge is 2.19. The van der Waals surface area contributed by atoms with Gasteiger partial charge in [-0.15, -0.1) is 0 Å². The largest absolute Gasteiger partial charge is 0.495 e. The molecule has 23 heavy (non-hydrogen) atoms. The van der Waals surface area contributed by atoms with Crippen LogP contribution in [0.5, 0.6) is 11.5 Å². The molecular formula is C16H12ClFN2O2S. The van der Waals surface area contributed by atoms with Crippen molar-refractivity contribution < 1.29 is 13.9 Å². The predicted molar refractivity (Wildman–Crippen MR) is 88.2 cm³/mol. The van der Waals surface area contributed by atoms with Crippen molar-refractivity contribution in [3.63, 3.8) is 0 Å². The highest BCUT2D eigenvalue weighted by molar-refractivity contribution is 7.99. The topological polar surface area (TPSA) is 44.2 Å². The van der Waals surface area contributed by atoms with Gasteiger partial charge in [-0.3, -0.25) is 4.98 Å². The molecule has 2 aromatic carbocycles. The van der Waals surface area contributed by atoms with Gasteiger partial charge in [0.1, 0.15) is 15.8 Å². The Labute approximate surface area is 141 Å². The fourth-order valence-corrected chi connectivity index (χ4v) is 3.18. The van der Waals surface area contributed by atoms with Crippen LogP contribution in [0.1, 0.15) is 0 Å². The number of para-hydroxylation sites is 2. The van der Waals surface area contributed by atoms with Crippen LogP contribution in [0.4, 0.5) is 4.39 Å². The molecule has 0 saturated heterocycles. The number of aromatic nitrogens is 2. The first-order chi connectivity index (χ1) is 11.1. The molecule has 3 aromatic rings. The molecule has 4 nitrogen and oxygen atoms in total. The first-order valence-electron chi connectivity index (χ1n) is 6.63. The van der Waals surface area contributed by atoms with Gasteiger partial charge in [-0.2, -0.15) is 0 Å². The van der Waals surface area contributed by atoms with Crippen molar-refractivity contribution in [2.45, 2.75) is 9.92 Å². The van der Waals surface area contributed by atoms with Crippen molar-refractivity contribution in [1.82, 2.24) is 9.97 Å². The third kappa shape index (κ3) is 3.04. The Kier molecular flexibility index (Phi) is 4.54. The zero-order valence-electron chi connectivity index (χ0n) is 12.3. The van der Waals surface area contributed by atoms with Gasteiger partial charge in [-0.1, -0.05) is 35.5 Å². The third-order valence-corrected chi connectivity index (χ3v) is 4.44.